The van der Waals surface area contributed by atoms with Gasteiger partial charge in [0.1, 0.15) is 11.4 Å². The number of nitrogens with zero attached hydrogens (tertiary/aromatic N) is 3. The van der Waals surface area contributed by atoms with Crippen LogP contribution in [-0.4, -0.2) is 21.1 Å². The van der Waals surface area contributed by atoms with Crippen molar-refractivity contribution >= 4 is 0 Å². The summed E-state index contributed by atoms with van der Waals surface area (Å²) in [6.45, 7) is 2.92. The molecule has 2 aliphatic carbocycles. The summed E-state index contributed by atoms with van der Waals surface area (Å²) in [5.41, 5.74) is -0.371. The number of aryl methyl sites for hydroxylation is 1. The van der Waals surface area contributed by atoms with Gasteiger partial charge in [-0.25, -0.2) is 4.98 Å². The zero-order valence-corrected chi connectivity index (χ0v) is 11.6. The van der Waals surface area contributed by atoms with E-state index in [1.54, 1.807) is 0 Å². The molecular weight excluding hydrogens is 236 g/mol. The van der Waals surface area contributed by atoms with Gasteiger partial charge in [0, 0.05) is 24.9 Å². The maximum absolute atomic E-state index is 9.74. The molecule has 1 aromatic heterocycles. The maximum atomic E-state index is 9.74. The molecule has 1 N–H and O–H groups in total. The van der Waals surface area contributed by atoms with Crippen molar-refractivity contribution < 1.29 is 0 Å². The van der Waals surface area contributed by atoms with Crippen LogP contribution in [0.3, 0.4) is 0 Å². The van der Waals surface area contributed by atoms with Gasteiger partial charge < -0.3 is 4.57 Å². The molecule has 0 amide bonds. The van der Waals surface area contributed by atoms with Crippen LogP contribution in [0, 0.1) is 17.2 Å². The lowest BCUT2D eigenvalue weighted by atomic mass is 9.94. The summed E-state index contributed by atoms with van der Waals surface area (Å²) in [6.07, 6.45) is 10.8. The van der Waals surface area contributed by atoms with Gasteiger partial charge in [-0.2, -0.15) is 5.26 Å². The van der Waals surface area contributed by atoms with Gasteiger partial charge in [0.25, 0.3) is 0 Å². The van der Waals surface area contributed by atoms with E-state index < -0.39 is 0 Å². The van der Waals surface area contributed by atoms with E-state index in [0.717, 1.165) is 25.2 Å². The maximum Gasteiger partial charge on any atom is 0.127 e. The van der Waals surface area contributed by atoms with Gasteiger partial charge >= 0.3 is 0 Å². The average molecular weight is 258 g/mol. The second-order valence-electron chi connectivity index (χ2n) is 6.00. The second-order valence-corrected chi connectivity index (χ2v) is 6.00. The highest BCUT2D eigenvalue weighted by molar-refractivity contribution is 5.18. The van der Waals surface area contributed by atoms with E-state index >= 15 is 0 Å². The van der Waals surface area contributed by atoms with Crippen molar-refractivity contribution in [2.75, 3.05) is 0 Å². The zero-order valence-electron chi connectivity index (χ0n) is 11.6. The largest absolute Gasteiger partial charge is 0.332 e. The first-order chi connectivity index (χ1) is 9.27. The average Bonchev–Trinajstić information content (AvgIpc) is 3.31. The number of hydrogen-bond donors (Lipinski definition) is 1. The molecule has 3 rings (SSSR count). The van der Waals surface area contributed by atoms with E-state index in [0.29, 0.717) is 12.0 Å². The Hall–Kier alpha value is -1.34. The molecule has 19 heavy (non-hydrogen) atoms. The molecular formula is C15H22N4. The number of hydrogen-bond acceptors (Lipinski definition) is 3. The zero-order chi connectivity index (χ0) is 13.3. The van der Waals surface area contributed by atoms with Gasteiger partial charge in [0.2, 0.25) is 0 Å². The highest BCUT2D eigenvalue weighted by Gasteiger charge is 2.48. The van der Waals surface area contributed by atoms with Gasteiger partial charge in [0.05, 0.1) is 12.6 Å². The molecule has 0 aromatic carbocycles. The number of nitriles is 1. The van der Waals surface area contributed by atoms with Crippen molar-refractivity contribution in [1.82, 2.24) is 14.9 Å². The summed E-state index contributed by atoms with van der Waals surface area (Å²) in [6, 6.07) is 3.16. The first-order valence-electron chi connectivity index (χ1n) is 7.46. The van der Waals surface area contributed by atoms with Gasteiger partial charge in [-0.3, -0.25) is 5.32 Å². The first-order valence-corrected chi connectivity index (χ1v) is 7.46. The number of imidazole rings is 1. The third kappa shape index (κ3) is 2.66. The SMILES string of the molecule is CCCc1nccn1CC(C#N)(NC1CC1)C1CC1. The van der Waals surface area contributed by atoms with Crippen molar-refractivity contribution in [3.63, 3.8) is 0 Å². The molecule has 0 spiro atoms. The molecule has 1 heterocycles. The topological polar surface area (TPSA) is 53.6 Å². The predicted octanol–water partition coefficient (Wildman–Crippen LogP) is 2.26. The highest BCUT2D eigenvalue weighted by Crippen LogP contribution is 2.42. The lowest BCUT2D eigenvalue weighted by molar-refractivity contribution is 0.310. The van der Waals surface area contributed by atoms with E-state index in [-0.39, 0.29) is 5.54 Å². The quantitative estimate of drug-likeness (QED) is 0.816. The van der Waals surface area contributed by atoms with Gasteiger partial charge in [-0.05, 0) is 38.0 Å². The first kappa shape index (κ1) is 12.7. The minimum atomic E-state index is -0.371. The van der Waals surface area contributed by atoms with Crippen molar-refractivity contribution in [3.05, 3.63) is 18.2 Å². The second kappa shape index (κ2) is 4.97. The Morgan fingerprint density at radius 2 is 2.26 bits per heavy atom. The predicted molar refractivity (Wildman–Crippen MR) is 73.4 cm³/mol. The fourth-order valence-corrected chi connectivity index (χ4v) is 2.82. The Bertz CT molecular complexity index is 479. The van der Waals surface area contributed by atoms with E-state index in [4.69, 9.17) is 0 Å². The van der Waals surface area contributed by atoms with Gasteiger partial charge in [-0.15, -0.1) is 0 Å². The Kier molecular flexibility index (Phi) is 3.32. The lowest BCUT2D eigenvalue weighted by Crippen LogP contribution is -2.50. The molecule has 1 aromatic rings. The van der Waals surface area contributed by atoms with Gasteiger partial charge in [-0.1, -0.05) is 6.92 Å². The number of nitrogens with one attached hydrogen (secondary N) is 1. The smallest absolute Gasteiger partial charge is 0.127 e. The van der Waals surface area contributed by atoms with Crippen LogP contribution < -0.4 is 5.32 Å². The number of rotatable bonds is 7. The van der Waals surface area contributed by atoms with Crippen molar-refractivity contribution in [2.45, 2.75) is 63.6 Å². The van der Waals surface area contributed by atoms with E-state index in [9.17, 15) is 5.26 Å². The molecule has 2 fully saturated rings. The molecule has 1 unspecified atom stereocenters. The minimum Gasteiger partial charge on any atom is -0.332 e. The fourth-order valence-electron chi connectivity index (χ4n) is 2.82. The molecule has 102 valence electrons. The Morgan fingerprint density at radius 3 is 2.84 bits per heavy atom. The standard InChI is InChI=1S/C15H22N4/c1-2-3-14-17-8-9-19(14)11-15(10-16,12-4-5-12)18-13-6-7-13/h8-9,12-13,18H,2-7,11H2,1H3. The molecule has 0 bridgehead atoms. The molecule has 0 aliphatic heterocycles. The normalized spacial score (nSPS) is 21.9. The Morgan fingerprint density at radius 1 is 1.47 bits per heavy atom. The van der Waals surface area contributed by atoms with Crippen LogP contribution in [0.5, 0.6) is 0 Å². The minimum absolute atomic E-state index is 0.371. The highest BCUT2D eigenvalue weighted by atomic mass is 15.1. The number of aromatic nitrogens is 2. The van der Waals surface area contributed by atoms with Crippen LogP contribution >= 0.6 is 0 Å². The van der Waals surface area contributed by atoms with E-state index in [1.165, 1.54) is 25.7 Å². The summed E-state index contributed by atoms with van der Waals surface area (Å²) in [4.78, 5) is 4.42. The molecule has 1 atom stereocenters. The van der Waals surface area contributed by atoms with Crippen LogP contribution in [0.4, 0.5) is 0 Å². The molecule has 2 saturated carbocycles. The molecule has 0 radical (unpaired) electrons. The van der Waals surface area contributed by atoms with Crippen LogP contribution in [0.2, 0.25) is 0 Å². The van der Waals surface area contributed by atoms with Crippen LogP contribution in [0.25, 0.3) is 0 Å². The van der Waals surface area contributed by atoms with Crippen LogP contribution in [0.1, 0.15) is 44.9 Å². The summed E-state index contributed by atoms with van der Waals surface area (Å²) in [5, 5.41) is 13.4. The summed E-state index contributed by atoms with van der Waals surface area (Å²) in [5.74, 6) is 1.63. The van der Waals surface area contributed by atoms with Crippen molar-refractivity contribution in [2.24, 2.45) is 5.92 Å². The molecule has 0 saturated heterocycles. The van der Waals surface area contributed by atoms with Crippen molar-refractivity contribution in [3.8, 4) is 6.07 Å². The fraction of sp³-hybridized carbons (Fsp3) is 0.733. The molecule has 4 nitrogen and oxygen atoms in total. The third-order valence-electron chi connectivity index (χ3n) is 4.21. The third-order valence-corrected chi connectivity index (χ3v) is 4.21. The Labute approximate surface area is 114 Å². The molecule has 2 aliphatic rings. The summed E-state index contributed by atoms with van der Waals surface area (Å²) < 4.78 is 2.18. The van der Waals surface area contributed by atoms with E-state index in [1.807, 2.05) is 12.4 Å². The van der Waals surface area contributed by atoms with Crippen molar-refractivity contribution in [1.29, 1.82) is 5.26 Å². The lowest BCUT2D eigenvalue weighted by Gasteiger charge is -2.29. The van der Waals surface area contributed by atoms with E-state index in [2.05, 4.69) is 27.9 Å². The van der Waals surface area contributed by atoms with Crippen LogP contribution in [-0.2, 0) is 13.0 Å². The summed E-state index contributed by atoms with van der Waals surface area (Å²) in [7, 11) is 0. The Balaban J connectivity index is 1.79. The summed E-state index contributed by atoms with van der Waals surface area (Å²) >= 11 is 0. The van der Waals surface area contributed by atoms with Crippen LogP contribution in [0.15, 0.2) is 12.4 Å². The monoisotopic (exact) mass is 258 g/mol. The molecule has 4 heteroatoms. The van der Waals surface area contributed by atoms with Gasteiger partial charge in [0.15, 0.2) is 0 Å².